The summed E-state index contributed by atoms with van der Waals surface area (Å²) in [5.74, 6) is 1.02. The van der Waals surface area contributed by atoms with Crippen LogP contribution in [0.5, 0.6) is 5.75 Å². The summed E-state index contributed by atoms with van der Waals surface area (Å²) in [6.45, 7) is 2.09. The van der Waals surface area contributed by atoms with E-state index < -0.39 is 10.0 Å². The molecule has 1 fully saturated rings. The zero-order valence-electron chi connectivity index (χ0n) is 11.0. The van der Waals surface area contributed by atoms with Gasteiger partial charge in [0.1, 0.15) is 5.75 Å². The van der Waals surface area contributed by atoms with E-state index in [9.17, 15) is 8.42 Å². The molecule has 0 spiro atoms. The van der Waals surface area contributed by atoms with E-state index in [1.807, 2.05) is 0 Å². The minimum atomic E-state index is -3.46. The third kappa shape index (κ3) is 3.30. The molecule has 1 N–H and O–H groups in total. The van der Waals surface area contributed by atoms with Gasteiger partial charge in [-0.25, -0.2) is 13.1 Å². The van der Waals surface area contributed by atoms with Gasteiger partial charge in [0, 0.05) is 6.04 Å². The van der Waals surface area contributed by atoms with Crippen LogP contribution in [0.1, 0.15) is 26.2 Å². The number of sulfonamides is 1. The topological polar surface area (TPSA) is 55.4 Å². The Labute approximate surface area is 122 Å². The molecule has 1 aliphatic rings. The molecular weight excluding hydrogens is 330 g/mol. The maximum atomic E-state index is 12.3. The summed E-state index contributed by atoms with van der Waals surface area (Å²) in [6.07, 6.45) is 3.08. The molecule has 0 bridgehead atoms. The first-order valence-electron chi connectivity index (χ1n) is 6.30. The van der Waals surface area contributed by atoms with E-state index in [2.05, 4.69) is 27.6 Å². The summed E-state index contributed by atoms with van der Waals surface area (Å²) in [5, 5.41) is 0. The number of halogens is 1. The van der Waals surface area contributed by atoms with E-state index in [-0.39, 0.29) is 10.9 Å². The predicted molar refractivity (Wildman–Crippen MR) is 77.8 cm³/mol. The van der Waals surface area contributed by atoms with Crippen LogP contribution in [0, 0.1) is 5.92 Å². The summed E-state index contributed by atoms with van der Waals surface area (Å²) >= 11 is 3.31. The van der Waals surface area contributed by atoms with Gasteiger partial charge >= 0.3 is 0 Å². The van der Waals surface area contributed by atoms with Gasteiger partial charge in [0.25, 0.3) is 0 Å². The SMILES string of the molecule is COc1ccc(S(=O)(=O)NC2CCCC2C)cc1Br. The lowest BCUT2D eigenvalue weighted by Crippen LogP contribution is -2.36. The van der Waals surface area contributed by atoms with Crippen molar-refractivity contribution in [3.63, 3.8) is 0 Å². The Bertz CT molecular complexity index is 559. The van der Waals surface area contributed by atoms with Crippen LogP contribution in [0.3, 0.4) is 0 Å². The van der Waals surface area contributed by atoms with E-state index in [1.165, 1.54) is 0 Å². The molecule has 4 nitrogen and oxygen atoms in total. The van der Waals surface area contributed by atoms with Gasteiger partial charge in [-0.2, -0.15) is 0 Å². The standard InChI is InChI=1S/C13H18BrNO3S/c1-9-4-3-5-12(9)15-19(16,17)10-6-7-13(18-2)11(14)8-10/h6-9,12,15H,3-5H2,1-2H3. The Kier molecular flexibility index (Phi) is 4.53. The number of benzene rings is 1. The van der Waals surface area contributed by atoms with Gasteiger partial charge in [-0.1, -0.05) is 13.3 Å². The third-order valence-corrected chi connectivity index (χ3v) is 5.71. The fourth-order valence-corrected chi connectivity index (χ4v) is 4.50. The Morgan fingerprint density at radius 3 is 2.63 bits per heavy atom. The van der Waals surface area contributed by atoms with Crippen molar-refractivity contribution in [2.45, 2.75) is 37.1 Å². The highest BCUT2D eigenvalue weighted by Crippen LogP contribution is 2.29. The first-order chi connectivity index (χ1) is 8.94. The van der Waals surface area contributed by atoms with Crippen LogP contribution < -0.4 is 9.46 Å². The molecule has 1 aliphatic carbocycles. The normalized spacial score (nSPS) is 23.5. The van der Waals surface area contributed by atoms with Crippen molar-refractivity contribution in [2.24, 2.45) is 5.92 Å². The molecular formula is C13H18BrNO3S. The van der Waals surface area contributed by atoms with Crippen molar-refractivity contribution < 1.29 is 13.2 Å². The molecule has 1 aromatic carbocycles. The lowest BCUT2D eigenvalue weighted by atomic mass is 10.1. The van der Waals surface area contributed by atoms with Gasteiger partial charge in [0.05, 0.1) is 16.5 Å². The molecule has 6 heteroatoms. The fraction of sp³-hybridized carbons (Fsp3) is 0.538. The maximum Gasteiger partial charge on any atom is 0.240 e. The predicted octanol–water partition coefficient (Wildman–Crippen LogP) is 2.92. The zero-order chi connectivity index (χ0) is 14.0. The molecule has 0 amide bonds. The quantitative estimate of drug-likeness (QED) is 0.910. The Hall–Kier alpha value is -0.590. The molecule has 0 saturated heterocycles. The average Bonchev–Trinajstić information content (AvgIpc) is 2.74. The number of nitrogens with one attached hydrogen (secondary N) is 1. The second-order valence-electron chi connectivity index (χ2n) is 4.93. The average molecular weight is 348 g/mol. The van der Waals surface area contributed by atoms with E-state index in [0.29, 0.717) is 16.1 Å². The lowest BCUT2D eigenvalue weighted by molar-refractivity contribution is 0.411. The highest BCUT2D eigenvalue weighted by Gasteiger charge is 2.28. The number of methoxy groups -OCH3 is 1. The van der Waals surface area contributed by atoms with E-state index >= 15 is 0 Å². The molecule has 19 heavy (non-hydrogen) atoms. The molecule has 2 unspecified atom stereocenters. The van der Waals surface area contributed by atoms with Gasteiger partial charge in [0.2, 0.25) is 10.0 Å². The minimum Gasteiger partial charge on any atom is -0.496 e. The summed E-state index contributed by atoms with van der Waals surface area (Å²) in [6, 6.07) is 4.83. The van der Waals surface area contributed by atoms with E-state index in [1.54, 1.807) is 25.3 Å². The number of hydrogen-bond donors (Lipinski definition) is 1. The van der Waals surface area contributed by atoms with Gasteiger partial charge in [-0.3, -0.25) is 0 Å². The highest BCUT2D eigenvalue weighted by atomic mass is 79.9. The molecule has 1 saturated carbocycles. The summed E-state index contributed by atoms with van der Waals surface area (Å²) in [4.78, 5) is 0.263. The first kappa shape index (κ1) is 14.8. The van der Waals surface area contributed by atoms with Crippen LogP contribution in [-0.4, -0.2) is 21.6 Å². The smallest absolute Gasteiger partial charge is 0.240 e. The summed E-state index contributed by atoms with van der Waals surface area (Å²) < 4.78 is 33.2. The van der Waals surface area contributed by atoms with Crippen LogP contribution in [0.2, 0.25) is 0 Å². The maximum absolute atomic E-state index is 12.3. The number of ether oxygens (including phenoxy) is 1. The second-order valence-corrected chi connectivity index (χ2v) is 7.50. The van der Waals surface area contributed by atoms with Crippen molar-refractivity contribution in [1.29, 1.82) is 0 Å². The van der Waals surface area contributed by atoms with Crippen LogP contribution in [0.25, 0.3) is 0 Å². The number of rotatable bonds is 4. The molecule has 0 aliphatic heterocycles. The Morgan fingerprint density at radius 2 is 2.11 bits per heavy atom. The van der Waals surface area contributed by atoms with Crippen LogP contribution in [0.15, 0.2) is 27.6 Å². The van der Waals surface area contributed by atoms with E-state index in [4.69, 9.17) is 4.74 Å². The summed E-state index contributed by atoms with van der Waals surface area (Å²) in [5.41, 5.74) is 0. The van der Waals surface area contributed by atoms with Crippen molar-refractivity contribution in [3.05, 3.63) is 22.7 Å². The number of hydrogen-bond acceptors (Lipinski definition) is 3. The third-order valence-electron chi connectivity index (χ3n) is 3.60. The van der Waals surface area contributed by atoms with Crippen LogP contribution >= 0.6 is 15.9 Å². The lowest BCUT2D eigenvalue weighted by Gasteiger charge is -2.17. The van der Waals surface area contributed by atoms with Gasteiger partial charge in [-0.15, -0.1) is 0 Å². The molecule has 106 valence electrons. The van der Waals surface area contributed by atoms with Gasteiger partial charge in [-0.05, 0) is 52.9 Å². The van der Waals surface area contributed by atoms with Crippen molar-refractivity contribution in [2.75, 3.05) is 7.11 Å². The molecule has 1 aromatic rings. The van der Waals surface area contributed by atoms with Crippen molar-refractivity contribution in [1.82, 2.24) is 4.72 Å². The minimum absolute atomic E-state index is 0.0471. The van der Waals surface area contributed by atoms with E-state index in [0.717, 1.165) is 19.3 Å². The monoisotopic (exact) mass is 347 g/mol. The highest BCUT2D eigenvalue weighted by molar-refractivity contribution is 9.10. The molecule has 2 atom stereocenters. The van der Waals surface area contributed by atoms with Crippen molar-refractivity contribution >= 4 is 26.0 Å². The Balaban J connectivity index is 2.22. The van der Waals surface area contributed by atoms with Crippen molar-refractivity contribution in [3.8, 4) is 5.75 Å². The molecule has 2 rings (SSSR count). The second kappa shape index (κ2) is 5.81. The molecule has 0 radical (unpaired) electrons. The Morgan fingerprint density at radius 1 is 1.37 bits per heavy atom. The van der Waals surface area contributed by atoms with Crippen LogP contribution in [-0.2, 0) is 10.0 Å². The molecule has 0 heterocycles. The van der Waals surface area contributed by atoms with Gasteiger partial charge in [0.15, 0.2) is 0 Å². The zero-order valence-corrected chi connectivity index (χ0v) is 13.4. The van der Waals surface area contributed by atoms with Gasteiger partial charge < -0.3 is 4.74 Å². The molecule has 0 aromatic heterocycles. The first-order valence-corrected chi connectivity index (χ1v) is 8.57. The van der Waals surface area contributed by atoms with Crippen LogP contribution in [0.4, 0.5) is 0 Å². The summed E-state index contributed by atoms with van der Waals surface area (Å²) in [7, 11) is -1.91. The largest absolute Gasteiger partial charge is 0.496 e. The fourth-order valence-electron chi connectivity index (χ4n) is 2.40.